The molecular weight excluding hydrogens is 284 g/mol. The van der Waals surface area contributed by atoms with Crippen molar-refractivity contribution < 1.29 is 4.79 Å². The van der Waals surface area contributed by atoms with Crippen molar-refractivity contribution >= 4 is 17.7 Å². The quantitative estimate of drug-likeness (QED) is 0.832. The number of thioether (sulfide) groups is 1. The summed E-state index contributed by atoms with van der Waals surface area (Å²) in [6, 6.07) is 9.93. The predicted molar refractivity (Wildman–Crippen MR) is 84.1 cm³/mol. The van der Waals surface area contributed by atoms with Crippen molar-refractivity contribution in [2.45, 2.75) is 31.5 Å². The molecule has 1 atom stereocenters. The van der Waals surface area contributed by atoms with Crippen LogP contribution < -0.4 is 5.32 Å². The van der Waals surface area contributed by atoms with E-state index in [-0.39, 0.29) is 11.9 Å². The molecule has 0 fully saturated rings. The fourth-order valence-corrected chi connectivity index (χ4v) is 2.76. The summed E-state index contributed by atoms with van der Waals surface area (Å²) in [4.78, 5) is 12.0. The Bertz CT molecular complexity index is 597. The van der Waals surface area contributed by atoms with Gasteiger partial charge >= 0.3 is 0 Å². The van der Waals surface area contributed by atoms with Gasteiger partial charge in [-0.2, -0.15) is 0 Å². The zero-order valence-corrected chi connectivity index (χ0v) is 13.4. The van der Waals surface area contributed by atoms with Crippen molar-refractivity contribution in [3.63, 3.8) is 0 Å². The lowest BCUT2D eigenvalue weighted by atomic mass is 10.1. The lowest BCUT2D eigenvalue weighted by molar-refractivity contribution is -0.119. The Morgan fingerprint density at radius 1 is 1.33 bits per heavy atom. The van der Waals surface area contributed by atoms with Crippen LogP contribution >= 0.6 is 11.8 Å². The Labute approximate surface area is 129 Å². The van der Waals surface area contributed by atoms with E-state index in [1.807, 2.05) is 55.8 Å². The van der Waals surface area contributed by atoms with Gasteiger partial charge in [0.15, 0.2) is 5.16 Å². The molecule has 0 radical (unpaired) electrons. The first kappa shape index (κ1) is 15.6. The molecule has 5 nitrogen and oxygen atoms in total. The third-order valence-corrected chi connectivity index (χ3v) is 4.27. The number of rotatable bonds is 6. The number of nitrogens with zero attached hydrogens (tertiary/aromatic N) is 3. The van der Waals surface area contributed by atoms with Gasteiger partial charge in [-0.25, -0.2) is 0 Å². The Balaban J connectivity index is 1.86. The third kappa shape index (κ3) is 4.07. The number of amides is 1. The molecule has 1 aromatic carbocycles. The molecule has 6 heteroatoms. The summed E-state index contributed by atoms with van der Waals surface area (Å²) < 4.78 is 1.93. The second-order valence-electron chi connectivity index (χ2n) is 4.80. The summed E-state index contributed by atoms with van der Waals surface area (Å²) >= 11 is 1.41. The topological polar surface area (TPSA) is 59.8 Å². The molecule has 2 rings (SSSR count). The van der Waals surface area contributed by atoms with E-state index in [4.69, 9.17) is 0 Å². The molecule has 2 aromatic rings. The van der Waals surface area contributed by atoms with Gasteiger partial charge in [-0.1, -0.05) is 49.0 Å². The normalized spacial score (nSPS) is 12.1. The van der Waals surface area contributed by atoms with Gasteiger partial charge in [0.2, 0.25) is 5.91 Å². The van der Waals surface area contributed by atoms with Gasteiger partial charge in [0.05, 0.1) is 11.8 Å². The van der Waals surface area contributed by atoms with E-state index >= 15 is 0 Å². The number of hydrogen-bond donors (Lipinski definition) is 1. The van der Waals surface area contributed by atoms with Crippen LogP contribution in [0.15, 0.2) is 35.5 Å². The number of benzene rings is 1. The van der Waals surface area contributed by atoms with Crippen molar-refractivity contribution in [3.8, 4) is 0 Å². The Hall–Kier alpha value is -1.82. The van der Waals surface area contributed by atoms with Crippen LogP contribution in [0.25, 0.3) is 0 Å². The average molecular weight is 304 g/mol. The summed E-state index contributed by atoms with van der Waals surface area (Å²) in [7, 11) is 1.92. The monoisotopic (exact) mass is 304 g/mol. The van der Waals surface area contributed by atoms with E-state index in [0.29, 0.717) is 5.75 Å². The minimum atomic E-state index is -0.00241. The van der Waals surface area contributed by atoms with Crippen LogP contribution in [0.2, 0.25) is 0 Å². The number of aryl methyl sites for hydroxylation is 1. The number of hydrogen-bond acceptors (Lipinski definition) is 4. The maximum absolute atomic E-state index is 12.0. The largest absolute Gasteiger partial charge is 0.349 e. The molecule has 0 aliphatic heterocycles. The lowest BCUT2D eigenvalue weighted by Crippen LogP contribution is -2.28. The highest BCUT2D eigenvalue weighted by molar-refractivity contribution is 7.99. The molecular formula is C15H20N4OS. The van der Waals surface area contributed by atoms with E-state index < -0.39 is 0 Å². The Kier molecular flexibility index (Phi) is 5.38. The van der Waals surface area contributed by atoms with Gasteiger partial charge in [0.25, 0.3) is 0 Å². The molecule has 112 valence electrons. The molecule has 0 saturated heterocycles. The van der Waals surface area contributed by atoms with Crippen molar-refractivity contribution in [1.29, 1.82) is 0 Å². The standard InChI is InChI=1S/C15H20N4OS/c1-4-13-17-18-15(19(13)3)21-10-14(20)16-11(2)12-8-6-5-7-9-12/h5-9,11H,4,10H2,1-3H3,(H,16,20)/t11-/m0/s1. The Morgan fingerprint density at radius 3 is 2.67 bits per heavy atom. The first-order chi connectivity index (χ1) is 10.1. The highest BCUT2D eigenvalue weighted by Gasteiger charge is 2.12. The zero-order valence-electron chi connectivity index (χ0n) is 12.5. The van der Waals surface area contributed by atoms with Gasteiger partial charge in [-0.05, 0) is 12.5 Å². The van der Waals surface area contributed by atoms with Gasteiger partial charge in [0, 0.05) is 13.5 Å². The summed E-state index contributed by atoms with van der Waals surface area (Å²) in [5, 5.41) is 11.9. The highest BCUT2D eigenvalue weighted by Crippen LogP contribution is 2.16. The van der Waals surface area contributed by atoms with Crippen LogP contribution in [0.3, 0.4) is 0 Å². The molecule has 1 amide bonds. The maximum Gasteiger partial charge on any atom is 0.230 e. The number of nitrogens with one attached hydrogen (secondary N) is 1. The molecule has 1 N–H and O–H groups in total. The van der Waals surface area contributed by atoms with Crippen LogP contribution in [-0.2, 0) is 18.3 Å². The molecule has 0 unspecified atom stereocenters. The second-order valence-corrected chi connectivity index (χ2v) is 5.74. The molecule has 0 aliphatic rings. The van der Waals surface area contributed by atoms with Gasteiger partial charge in [0.1, 0.15) is 5.82 Å². The van der Waals surface area contributed by atoms with Crippen LogP contribution in [-0.4, -0.2) is 26.4 Å². The fraction of sp³-hybridized carbons (Fsp3) is 0.400. The van der Waals surface area contributed by atoms with Crippen molar-refractivity contribution in [2.75, 3.05) is 5.75 Å². The molecule has 0 aliphatic carbocycles. The Morgan fingerprint density at radius 2 is 2.05 bits per heavy atom. The number of aromatic nitrogens is 3. The van der Waals surface area contributed by atoms with E-state index in [1.165, 1.54) is 11.8 Å². The first-order valence-electron chi connectivity index (χ1n) is 6.97. The van der Waals surface area contributed by atoms with Crippen LogP contribution in [0.4, 0.5) is 0 Å². The molecule has 21 heavy (non-hydrogen) atoms. The fourth-order valence-electron chi connectivity index (χ4n) is 2.02. The summed E-state index contributed by atoms with van der Waals surface area (Å²) in [5.41, 5.74) is 1.10. The highest BCUT2D eigenvalue weighted by atomic mass is 32.2. The summed E-state index contributed by atoms with van der Waals surface area (Å²) in [6.45, 7) is 4.02. The third-order valence-electron chi connectivity index (χ3n) is 3.25. The minimum Gasteiger partial charge on any atom is -0.349 e. The van der Waals surface area contributed by atoms with Gasteiger partial charge < -0.3 is 9.88 Å². The SMILES string of the molecule is CCc1nnc(SCC(=O)N[C@@H](C)c2ccccc2)n1C. The van der Waals surface area contributed by atoms with Crippen molar-refractivity contribution in [2.24, 2.45) is 7.05 Å². The van der Waals surface area contributed by atoms with E-state index in [2.05, 4.69) is 15.5 Å². The van der Waals surface area contributed by atoms with E-state index in [9.17, 15) is 4.79 Å². The van der Waals surface area contributed by atoms with E-state index in [1.54, 1.807) is 0 Å². The molecule has 0 saturated carbocycles. The smallest absolute Gasteiger partial charge is 0.230 e. The lowest BCUT2D eigenvalue weighted by Gasteiger charge is -2.13. The van der Waals surface area contributed by atoms with Crippen LogP contribution in [0, 0.1) is 0 Å². The molecule has 1 heterocycles. The van der Waals surface area contributed by atoms with E-state index in [0.717, 1.165) is 23.0 Å². The second kappa shape index (κ2) is 7.26. The number of carbonyl (C=O) groups excluding carboxylic acids is 1. The summed E-state index contributed by atoms with van der Waals surface area (Å²) in [6.07, 6.45) is 0.835. The number of carbonyl (C=O) groups is 1. The average Bonchev–Trinajstić information content (AvgIpc) is 2.86. The summed E-state index contributed by atoms with van der Waals surface area (Å²) in [5.74, 6) is 1.26. The maximum atomic E-state index is 12.0. The van der Waals surface area contributed by atoms with Crippen LogP contribution in [0.5, 0.6) is 0 Å². The van der Waals surface area contributed by atoms with Gasteiger partial charge in [-0.15, -0.1) is 10.2 Å². The minimum absolute atomic E-state index is 0.00241. The molecule has 1 aromatic heterocycles. The van der Waals surface area contributed by atoms with Crippen molar-refractivity contribution in [1.82, 2.24) is 20.1 Å². The zero-order chi connectivity index (χ0) is 15.2. The van der Waals surface area contributed by atoms with Crippen LogP contribution in [0.1, 0.15) is 31.3 Å². The first-order valence-corrected chi connectivity index (χ1v) is 7.95. The van der Waals surface area contributed by atoms with Gasteiger partial charge in [-0.3, -0.25) is 4.79 Å². The molecule has 0 spiro atoms. The predicted octanol–water partition coefficient (Wildman–Crippen LogP) is 2.35. The van der Waals surface area contributed by atoms with Crippen molar-refractivity contribution in [3.05, 3.63) is 41.7 Å². The molecule has 0 bridgehead atoms.